The molecule has 1 rings (SSSR count). The molecule has 6 nitrogen and oxygen atoms in total. The van der Waals surface area contributed by atoms with Gasteiger partial charge in [0.1, 0.15) is 0 Å². The first kappa shape index (κ1) is 13.1. The topological polar surface area (TPSA) is 104 Å². The van der Waals surface area contributed by atoms with E-state index in [1.807, 2.05) is 0 Å². The van der Waals surface area contributed by atoms with Gasteiger partial charge in [0.05, 0.1) is 17.7 Å². The lowest BCUT2D eigenvalue weighted by Gasteiger charge is -2.05. The molecular weight excluding hydrogens is 228 g/mol. The van der Waals surface area contributed by atoms with Gasteiger partial charge in [0.25, 0.3) is 0 Å². The molecule has 0 aliphatic rings. The van der Waals surface area contributed by atoms with Gasteiger partial charge in [0, 0.05) is 6.42 Å². The first-order valence-corrected chi connectivity index (χ1v) is 4.87. The minimum Gasteiger partial charge on any atom is -0.478 e. The Balaban J connectivity index is 2.55. The zero-order valence-electron chi connectivity index (χ0n) is 8.87. The second kappa shape index (κ2) is 5.97. The van der Waals surface area contributed by atoms with Crippen molar-refractivity contribution in [3.8, 4) is 0 Å². The standard InChI is InChI=1S/C11H12O6/c12-9(13)5-6-17-11(16)8-3-1-7(2-4-8)10(14)15/h1-4,9,12-13H,5-6H2,(H,14,15). The minimum atomic E-state index is -1.52. The Morgan fingerprint density at radius 3 is 2.12 bits per heavy atom. The molecule has 0 spiro atoms. The molecule has 0 saturated heterocycles. The van der Waals surface area contributed by atoms with E-state index in [0.717, 1.165) is 0 Å². The fourth-order valence-electron chi connectivity index (χ4n) is 1.09. The highest BCUT2D eigenvalue weighted by molar-refractivity contribution is 5.92. The van der Waals surface area contributed by atoms with Gasteiger partial charge in [-0.05, 0) is 24.3 Å². The highest BCUT2D eigenvalue weighted by Crippen LogP contribution is 2.06. The number of aromatic carboxylic acids is 1. The van der Waals surface area contributed by atoms with E-state index in [1.54, 1.807) is 0 Å². The molecule has 1 aromatic carbocycles. The maximum Gasteiger partial charge on any atom is 0.338 e. The molecule has 3 N–H and O–H groups in total. The summed E-state index contributed by atoms with van der Waals surface area (Å²) in [7, 11) is 0. The van der Waals surface area contributed by atoms with Crippen LogP contribution in [0.1, 0.15) is 27.1 Å². The number of esters is 1. The maximum atomic E-state index is 11.4. The summed E-state index contributed by atoms with van der Waals surface area (Å²) in [6.07, 6.45) is -1.59. The number of benzene rings is 1. The number of carbonyl (C=O) groups excluding carboxylic acids is 1. The van der Waals surface area contributed by atoms with Crippen LogP contribution in [0.3, 0.4) is 0 Å². The van der Waals surface area contributed by atoms with E-state index in [1.165, 1.54) is 24.3 Å². The third kappa shape index (κ3) is 4.21. The van der Waals surface area contributed by atoms with Crippen molar-refractivity contribution >= 4 is 11.9 Å². The molecule has 0 saturated carbocycles. The second-order valence-corrected chi connectivity index (χ2v) is 3.29. The van der Waals surface area contributed by atoms with E-state index < -0.39 is 18.2 Å². The lowest BCUT2D eigenvalue weighted by atomic mass is 10.1. The number of aliphatic hydroxyl groups is 2. The first-order chi connectivity index (χ1) is 8.00. The summed E-state index contributed by atoms with van der Waals surface area (Å²) < 4.78 is 4.73. The minimum absolute atomic E-state index is 0.0705. The van der Waals surface area contributed by atoms with Crippen molar-refractivity contribution in [3.05, 3.63) is 35.4 Å². The van der Waals surface area contributed by atoms with Gasteiger partial charge in [-0.15, -0.1) is 0 Å². The van der Waals surface area contributed by atoms with E-state index in [2.05, 4.69) is 0 Å². The molecule has 0 aromatic heterocycles. The zero-order valence-corrected chi connectivity index (χ0v) is 8.87. The number of hydrogen-bond donors (Lipinski definition) is 3. The highest BCUT2D eigenvalue weighted by atomic mass is 16.5. The van der Waals surface area contributed by atoms with E-state index in [4.69, 9.17) is 20.1 Å². The normalized spacial score (nSPS) is 10.3. The average molecular weight is 240 g/mol. The van der Waals surface area contributed by atoms with Crippen LogP contribution in [0.4, 0.5) is 0 Å². The Morgan fingerprint density at radius 2 is 1.65 bits per heavy atom. The van der Waals surface area contributed by atoms with Gasteiger partial charge in [-0.25, -0.2) is 9.59 Å². The van der Waals surface area contributed by atoms with Crippen molar-refractivity contribution in [2.24, 2.45) is 0 Å². The van der Waals surface area contributed by atoms with Crippen LogP contribution in [0.15, 0.2) is 24.3 Å². The Bertz CT molecular complexity index is 395. The van der Waals surface area contributed by atoms with Crippen LogP contribution in [-0.2, 0) is 4.74 Å². The van der Waals surface area contributed by atoms with Crippen LogP contribution in [0.25, 0.3) is 0 Å². The van der Waals surface area contributed by atoms with Gasteiger partial charge in [-0.2, -0.15) is 0 Å². The van der Waals surface area contributed by atoms with Gasteiger partial charge >= 0.3 is 11.9 Å². The quantitative estimate of drug-likeness (QED) is 0.503. The van der Waals surface area contributed by atoms with Crippen molar-refractivity contribution in [1.82, 2.24) is 0 Å². The third-order valence-corrected chi connectivity index (χ3v) is 1.98. The summed E-state index contributed by atoms with van der Waals surface area (Å²) in [6, 6.07) is 5.25. The number of carboxylic acids is 1. The van der Waals surface area contributed by atoms with Crippen LogP contribution < -0.4 is 0 Å². The van der Waals surface area contributed by atoms with Gasteiger partial charge < -0.3 is 20.1 Å². The second-order valence-electron chi connectivity index (χ2n) is 3.29. The molecule has 17 heavy (non-hydrogen) atoms. The first-order valence-electron chi connectivity index (χ1n) is 4.87. The van der Waals surface area contributed by atoms with Crippen LogP contribution in [-0.4, -0.2) is 40.2 Å². The molecule has 0 atom stereocenters. The SMILES string of the molecule is O=C(O)c1ccc(C(=O)OCCC(O)O)cc1. The molecule has 0 radical (unpaired) electrons. The molecule has 0 aliphatic carbocycles. The van der Waals surface area contributed by atoms with E-state index in [-0.39, 0.29) is 24.2 Å². The number of ether oxygens (including phenoxy) is 1. The monoisotopic (exact) mass is 240 g/mol. The fraction of sp³-hybridized carbons (Fsp3) is 0.273. The van der Waals surface area contributed by atoms with Crippen molar-refractivity contribution in [2.75, 3.05) is 6.61 Å². The van der Waals surface area contributed by atoms with Crippen molar-refractivity contribution < 1.29 is 29.6 Å². The molecule has 1 aromatic rings. The van der Waals surface area contributed by atoms with Crippen LogP contribution in [0.2, 0.25) is 0 Å². The van der Waals surface area contributed by atoms with Crippen LogP contribution >= 0.6 is 0 Å². The molecule has 92 valence electrons. The van der Waals surface area contributed by atoms with E-state index in [0.29, 0.717) is 0 Å². The average Bonchev–Trinajstić information content (AvgIpc) is 2.28. The molecule has 0 bridgehead atoms. The summed E-state index contributed by atoms with van der Waals surface area (Å²) in [4.78, 5) is 21.9. The molecule has 0 unspecified atom stereocenters. The van der Waals surface area contributed by atoms with E-state index >= 15 is 0 Å². The Labute approximate surface area is 97.1 Å². The number of rotatable bonds is 5. The molecular formula is C11H12O6. The maximum absolute atomic E-state index is 11.4. The van der Waals surface area contributed by atoms with Gasteiger partial charge in [-0.3, -0.25) is 0 Å². The summed E-state index contributed by atoms with van der Waals surface area (Å²) in [5.41, 5.74) is 0.287. The predicted molar refractivity (Wildman–Crippen MR) is 56.5 cm³/mol. The lowest BCUT2D eigenvalue weighted by molar-refractivity contribution is -0.0562. The van der Waals surface area contributed by atoms with Gasteiger partial charge in [0.2, 0.25) is 0 Å². The Kier molecular flexibility index (Phi) is 4.62. The molecule has 0 aliphatic heterocycles. The summed E-state index contributed by atoms with van der Waals surface area (Å²) >= 11 is 0. The highest BCUT2D eigenvalue weighted by Gasteiger charge is 2.09. The number of carbonyl (C=O) groups is 2. The van der Waals surface area contributed by atoms with E-state index in [9.17, 15) is 9.59 Å². The molecule has 0 heterocycles. The Morgan fingerprint density at radius 1 is 1.12 bits per heavy atom. The summed E-state index contributed by atoms with van der Waals surface area (Å²) in [6.45, 7) is -0.114. The number of hydrogen-bond acceptors (Lipinski definition) is 5. The van der Waals surface area contributed by atoms with Crippen molar-refractivity contribution in [3.63, 3.8) is 0 Å². The molecule has 0 fully saturated rings. The van der Waals surface area contributed by atoms with Gasteiger partial charge in [0.15, 0.2) is 6.29 Å². The van der Waals surface area contributed by atoms with Crippen LogP contribution in [0, 0.1) is 0 Å². The number of aliphatic hydroxyl groups excluding tert-OH is 1. The molecule has 6 heteroatoms. The van der Waals surface area contributed by atoms with Crippen LogP contribution in [0.5, 0.6) is 0 Å². The van der Waals surface area contributed by atoms with Gasteiger partial charge in [-0.1, -0.05) is 0 Å². The van der Waals surface area contributed by atoms with Crippen molar-refractivity contribution in [1.29, 1.82) is 0 Å². The lowest BCUT2D eigenvalue weighted by Crippen LogP contribution is -2.12. The summed E-state index contributed by atoms with van der Waals surface area (Å²) in [5, 5.41) is 25.7. The Hall–Kier alpha value is -1.92. The molecule has 0 amide bonds. The largest absolute Gasteiger partial charge is 0.478 e. The zero-order chi connectivity index (χ0) is 12.8. The smallest absolute Gasteiger partial charge is 0.338 e. The fourth-order valence-corrected chi connectivity index (χ4v) is 1.09. The summed E-state index contributed by atoms with van der Waals surface area (Å²) in [5.74, 6) is -1.71. The predicted octanol–water partition coefficient (Wildman–Crippen LogP) is 0.242. The number of carboxylic acid groups (broad SMARTS) is 1. The third-order valence-electron chi connectivity index (χ3n) is 1.98. The van der Waals surface area contributed by atoms with Crippen molar-refractivity contribution in [2.45, 2.75) is 12.7 Å².